The molecule has 27 heavy (non-hydrogen) atoms. The maximum absolute atomic E-state index is 10.6. The molecule has 0 aliphatic heterocycles. The van der Waals surface area contributed by atoms with Crippen molar-refractivity contribution in [2.75, 3.05) is 20.8 Å². The van der Waals surface area contributed by atoms with Crippen LogP contribution in [0.15, 0.2) is 42.5 Å². The molecule has 6 heteroatoms. The van der Waals surface area contributed by atoms with E-state index in [4.69, 9.17) is 19.2 Å². The number of hydrogen-bond acceptors (Lipinski definition) is 5. The van der Waals surface area contributed by atoms with E-state index in [2.05, 4.69) is 18.4 Å². The lowest BCUT2D eigenvalue weighted by molar-refractivity contribution is 0.0923. The lowest BCUT2D eigenvalue weighted by Crippen LogP contribution is -2.24. The summed E-state index contributed by atoms with van der Waals surface area (Å²) in [5.41, 5.74) is 1.95. The molecule has 0 spiro atoms. The Labute approximate surface area is 159 Å². The van der Waals surface area contributed by atoms with E-state index in [-0.39, 0.29) is 12.5 Å². The number of aliphatic hydroxyl groups is 1. The van der Waals surface area contributed by atoms with Crippen molar-refractivity contribution in [3.05, 3.63) is 48.3 Å². The molecule has 3 aromatic rings. The number of para-hydroxylation sites is 2. The van der Waals surface area contributed by atoms with Crippen molar-refractivity contribution in [3.63, 3.8) is 0 Å². The summed E-state index contributed by atoms with van der Waals surface area (Å²) in [6.07, 6.45) is -0.683. The third-order valence-corrected chi connectivity index (χ3v) is 4.36. The Hall–Kier alpha value is -2.73. The summed E-state index contributed by atoms with van der Waals surface area (Å²) >= 11 is 0. The minimum Gasteiger partial charge on any atom is -0.496 e. The standard InChI is InChI=1S/C21H26N2O4/c1-14(2)21-22-19-7-5-6-8-20(19)23(21)12-15(24)13-27-18-10-16(25-3)9-17(11-18)26-4/h5-11,14-15,24H,12-13H2,1-4H3/t15-/m1/s1. The zero-order chi connectivity index (χ0) is 19.4. The quantitative estimate of drug-likeness (QED) is 0.656. The van der Waals surface area contributed by atoms with Gasteiger partial charge in [-0.2, -0.15) is 0 Å². The van der Waals surface area contributed by atoms with Crippen LogP contribution in [0.1, 0.15) is 25.6 Å². The summed E-state index contributed by atoms with van der Waals surface area (Å²) < 4.78 is 18.3. The van der Waals surface area contributed by atoms with Crippen molar-refractivity contribution in [1.29, 1.82) is 0 Å². The van der Waals surface area contributed by atoms with Gasteiger partial charge >= 0.3 is 0 Å². The van der Waals surface area contributed by atoms with Gasteiger partial charge in [0.2, 0.25) is 0 Å². The molecule has 144 valence electrons. The van der Waals surface area contributed by atoms with E-state index >= 15 is 0 Å². The fourth-order valence-electron chi connectivity index (χ4n) is 3.05. The average molecular weight is 370 g/mol. The number of nitrogens with zero attached hydrogens (tertiary/aromatic N) is 2. The van der Waals surface area contributed by atoms with Crippen LogP contribution in [-0.2, 0) is 6.54 Å². The molecule has 0 unspecified atom stereocenters. The molecule has 2 aromatic carbocycles. The second-order valence-corrected chi connectivity index (χ2v) is 6.74. The molecule has 1 heterocycles. The number of hydrogen-bond donors (Lipinski definition) is 1. The van der Waals surface area contributed by atoms with Gasteiger partial charge in [0.15, 0.2) is 0 Å². The van der Waals surface area contributed by atoms with Crippen LogP contribution in [0.25, 0.3) is 11.0 Å². The van der Waals surface area contributed by atoms with Crippen molar-refractivity contribution < 1.29 is 19.3 Å². The predicted molar refractivity (Wildman–Crippen MR) is 105 cm³/mol. The Morgan fingerprint density at radius 3 is 2.26 bits per heavy atom. The van der Waals surface area contributed by atoms with E-state index in [9.17, 15) is 5.11 Å². The van der Waals surface area contributed by atoms with E-state index in [1.165, 1.54) is 0 Å². The van der Waals surface area contributed by atoms with Crippen LogP contribution in [0.5, 0.6) is 17.2 Å². The lowest BCUT2D eigenvalue weighted by atomic mass is 10.2. The van der Waals surface area contributed by atoms with Crippen molar-refractivity contribution in [2.45, 2.75) is 32.4 Å². The van der Waals surface area contributed by atoms with Crippen molar-refractivity contribution in [2.24, 2.45) is 0 Å². The summed E-state index contributed by atoms with van der Waals surface area (Å²) in [7, 11) is 3.18. The lowest BCUT2D eigenvalue weighted by Gasteiger charge is -2.17. The number of fused-ring (bicyclic) bond motifs is 1. The van der Waals surface area contributed by atoms with Crippen LogP contribution < -0.4 is 14.2 Å². The van der Waals surface area contributed by atoms with Crippen LogP contribution in [0.3, 0.4) is 0 Å². The molecule has 0 aliphatic rings. The number of rotatable bonds is 8. The molecule has 6 nitrogen and oxygen atoms in total. The summed E-state index contributed by atoms with van der Waals surface area (Å²) in [6, 6.07) is 13.3. The van der Waals surface area contributed by atoms with Gasteiger partial charge < -0.3 is 23.9 Å². The maximum atomic E-state index is 10.6. The third-order valence-electron chi connectivity index (χ3n) is 4.36. The van der Waals surface area contributed by atoms with Crippen LogP contribution in [0, 0.1) is 0 Å². The molecule has 3 rings (SSSR count). The highest BCUT2D eigenvalue weighted by Crippen LogP contribution is 2.28. The summed E-state index contributed by atoms with van der Waals surface area (Å²) in [6.45, 7) is 4.77. The molecule has 0 amide bonds. The first-order valence-electron chi connectivity index (χ1n) is 9.01. The van der Waals surface area contributed by atoms with Gasteiger partial charge in [-0.3, -0.25) is 0 Å². The Kier molecular flexibility index (Phi) is 5.86. The molecule has 0 fully saturated rings. The Balaban J connectivity index is 1.74. The van der Waals surface area contributed by atoms with Gasteiger partial charge in [0.05, 0.1) is 31.8 Å². The fourth-order valence-corrected chi connectivity index (χ4v) is 3.05. The van der Waals surface area contributed by atoms with Gasteiger partial charge in [-0.25, -0.2) is 4.98 Å². The van der Waals surface area contributed by atoms with E-state index in [1.54, 1.807) is 32.4 Å². The SMILES string of the molecule is COc1cc(OC)cc(OC[C@H](O)Cn2c(C(C)C)nc3ccccc32)c1. The maximum Gasteiger partial charge on any atom is 0.126 e. The minimum absolute atomic E-state index is 0.153. The summed E-state index contributed by atoms with van der Waals surface area (Å²) in [4.78, 5) is 4.71. The van der Waals surface area contributed by atoms with E-state index in [0.29, 0.717) is 23.8 Å². The molecular formula is C21H26N2O4. The minimum atomic E-state index is -0.683. The number of aromatic nitrogens is 2. The highest BCUT2D eigenvalue weighted by molar-refractivity contribution is 5.76. The van der Waals surface area contributed by atoms with Gasteiger partial charge in [-0.15, -0.1) is 0 Å². The van der Waals surface area contributed by atoms with Crippen molar-refractivity contribution >= 4 is 11.0 Å². The molecule has 1 N–H and O–H groups in total. The topological polar surface area (TPSA) is 65.7 Å². The largest absolute Gasteiger partial charge is 0.496 e. The predicted octanol–water partition coefficient (Wildman–Crippen LogP) is 3.62. The highest BCUT2D eigenvalue weighted by atomic mass is 16.5. The molecule has 0 radical (unpaired) electrons. The van der Waals surface area contributed by atoms with Crippen LogP contribution in [0.4, 0.5) is 0 Å². The summed E-state index contributed by atoms with van der Waals surface area (Å²) in [5.74, 6) is 3.08. The first-order valence-corrected chi connectivity index (χ1v) is 9.01. The average Bonchev–Trinajstić information content (AvgIpc) is 3.05. The zero-order valence-corrected chi connectivity index (χ0v) is 16.2. The normalized spacial score (nSPS) is 12.4. The fraction of sp³-hybridized carbons (Fsp3) is 0.381. The van der Waals surface area contributed by atoms with E-state index < -0.39 is 6.10 Å². The first kappa shape index (κ1) is 19.0. The zero-order valence-electron chi connectivity index (χ0n) is 16.2. The van der Waals surface area contributed by atoms with Crippen LogP contribution >= 0.6 is 0 Å². The molecule has 0 bridgehead atoms. The van der Waals surface area contributed by atoms with E-state index in [1.807, 2.05) is 24.3 Å². The van der Waals surface area contributed by atoms with Gasteiger partial charge in [0.1, 0.15) is 35.8 Å². The smallest absolute Gasteiger partial charge is 0.126 e. The highest BCUT2D eigenvalue weighted by Gasteiger charge is 2.17. The van der Waals surface area contributed by atoms with Gasteiger partial charge in [0.25, 0.3) is 0 Å². The van der Waals surface area contributed by atoms with Gasteiger partial charge in [-0.1, -0.05) is 26.0 Å². The number of imidazole rings is 1. The van der Waals surface area contributed by atoms with E-state index in [0.717, 1.165) is 16.9 Å². The molecule has 1 aromatic heterocycles. The Bertz CT molecular complexity index is 882. The molecule has 0 saturated carbocycles. The number of ether oxygens (including phenoxy) is 3. The van der Waals surface area contributed by atoms with Crippen LogP contribution in [-0.4, -0.2) is 41.6 Å². The second kappa shape index (κ2) is 8.31. The first-order chi connectivity index (χ1) is 13.0. The third kappa shape index (κ3) is 4.34. The molecule has 0 saturated heterocycles. The molecule has 1 atom stereocenters. The number of methoxy groups -OCH3 is 2. The summed E-state index contributed by atoms with van der Waals surface area (Å²) in [5, 5.41) is 10.6. The van der Waals surface area contributed by atoms with Gasteiger partial charge in [-0.05, 0) is 12.1 Å². The number of benzene rings is 2. The van der Waals surface area contributed by atoms with Crippen molar-refractivity contribution in [1.82, 2.24) is 9.55 Å². The molecular weight excluding hydrogens is 344 g/mol. The second-order valence-electron chi connectivity index (χ2n) is 6.74. The van der Waals surface area contributed by atoms with Gasteiger partial charge in [0, 0.05) is 24.1 Å². The monoisotopic (exact) mass is 370 g/mol. The van der Waals surface area contributed by atoms with Crippen molar-refractivity contribution in [3.8, 4) is 17.2 Å². The number of aliphatic hydroxyl groups excluding tert-OH is 1. The Morgan fingerprint density at radius 1 is 1.00 bits per heavy atom. The molecule has 0 aliphatic carbocycles. The van der Waals surface area contributed by atoms with Crippen LogP contribution in [0.2, 0.25) is 0 Å². The Morgan fingerprint density at radius 2 is 1.63 bits per heavy atom.